The molecule has 1 unspecified atom stereocenters. The van der Waals surface area contributed by atoms with Crippen LogP contribution in [0.4, 0.5) is 0 Å². The average Bonchev–Trinajstić information content (AvgIpc) is 2.49. The fraction of sp³-hybridized carbons (Fsp3) is 0.647. The van der Waals surface area contributed by atoms with Gasteiger partial charge in [0.15, 0.2) is 0 Å². The Labute approximate surface area is 117 Å². The van der Waals surface area contributed by atoms with E-state index in [2.05, 4.69) is 70.9 Å². The fourth-order valence-electron chi connectivity index (χ4n) is 3.37. The van der Waals surface area contributed by atoms with Crippen molar-refractivity contribution < 1.29 is 4.84 Å². The Morgan fingerprint density at radius 2 is 1.53 bits per heavy atom. The minimum absolute atomic E-state index is 0.0813. The molecular weight excluding hydrogens is 234 g/mol. The van der Waals surface area contributed by atoms with E-state index in [-0.39, 0.29) is 17.2 Å². The van der Waals surface area contributed by atoms with Crippen molar-refractivity contribution in [2.75, 3.05) is 0 Å². The molecule has 1 aromatic carbocycles. The van der Waals surface area contributed by atoms with Gasteiger partial charge in [0.05, 0.1) is 17.2 Å². The molecule has 1 aromatic rings. The summed E-state index contributed by atoms with van der Waals surface area (Å²) in [5, 5.41) is 2.20. The summed E-state index contributed by atoms with van der Waals surface area (Å²) in [5.74, 6) is 0. The predicted octanol–water partition coefficient (Wildman–Crippen LogP) is 4.59. The molecule has 106 valence electrons. The zero-order valence-electron chi connectivity index (χ0n) is 13.2. The Kier molecular flexibility index (Phi) is 3.76. The Hall–Kier alpha value is -0.860. The maximum Gasteiger partial charge on any atom is 0.0765 e. The molecule has 0 spiro atoms. The number of hydroxylamine groups is 2. The number of hydrogen-bond acceptors (Lipinski definition) is 2. The number of rotatable bonds is 4. The van der Waals surface area contributed by atoms with Crippen LogP contribution in [0.2, 0.25) is 0 Å². The summed E-state index contributed by atoms with van der Waals surface area (Å²) in [7, 11) is 0. The molecule has 0 radical (unpaired) electrons. The highest BCUT2D eigenvalue weighted by atomic mass is 16.7. The highest BCUT2D eigenvalue weighted by molar-refractivity contribution is 5.42. The van der Waals surface area contributed by atoms with Crippen LogP contribution in [-0.4, -0.2) is 11.2 Å². The van der Waals surface area contributed by atoms with Crippen molar-refractivity contribution in [1.29, 1.82) is 0 Å². The molecule has 0 N–H and O–H groups in total. The molecule has 0 saturated heterocycles. The molecule has 19 heavy (non-hydrogen) atoms. The van der Waals surface area contributed by atoms with E-state index in [1.165, 1.54) is 11.1 Å². The van der Waals surface area contributed by atoms with E-state index < -0.39 is 0 Å². The molecule has 1 atom stereocenters. The van der Waals surface area contributed by atoms with E-state index in [0.29, 0.717) is 0 Å². The van der Waals surface area contributed by atoms with E-state index in [0.717, 1.165) is 12.8 Å². The Balaban J connectivity index is 2.36. The van der Waals surface area contributed by atoms with Gasteiger partial charge >= 0.3 is 0 Å². The van der Waals surface area contributed by atoms with Gasteiger partial charge in [0.2, 0.25) is 0 Å². The van der Waals surface area contributed by atoms with Crippen molar-refractivity contribution in [3.05, 3.63) is 35.4 Å². The predicted molar refractivity (Wildman–Crippen MR) is 79.8 cm³/mol. The minimum atomic E-state index is -0.0813. The van der Waals surface area contributed by atoms with Crippen LogP contribution in [0, 0.1) is 0 Å². The van der Waals surface area contributed by atoms with Crippen molar-refractivity contribution >= 4 is 0 Å². The minimum Gasteiger partial charge on any atom is -0.294 e. The molecule has 0 amide bonds. The quantitative estimate of drug-likeness (QED) is 0.786. The average molecular weight is 261 g/mol. The monoisotopic (exact) mass is 261 g/mol. The molecule has 0 bridgehead atoms. The highest BCUT2D eigenvalue weighted by Gasteiger charge is 2.50. The van der Waals surface area contributed by atoms with E-state index in [9.17, 15) is 0 Å². The third-order valence-corrected chi connectivity index (χ3v) is 4.24. The smallest absolute Gasteiger partial charge is 0.0765 e. The molecule has 2 nitrogen and oxygen atoms in total. The summed E-state index contributed by atoms with van der Waals surface area (Å²) in [4.78, 5) is 6.30. The second kappa shape index (κ2) is 4.92. The normalized spacial score (nSPS) is 22.2. The third-order valence-electron chi connectivity index (χ3n) is 4.24. The lowest BCUT2D eigenvalue weighted by molar-refractivity contribution is -0.285. The Morgan fingerprint density at radius 3 is 1.95 bits per heavy atom. The van der Waals surface area contributed by atoms with Gasteiger partial charge in [0.25, 0.3) is 0 Å². The number of hydrogen-bond donors (Lipinski definition) is 0. The van der Waals surface area contributed by atoms with Gasteiger partial charge in [0.1, 0.15) is 0 Å². The van der Waals surface area contributed by atoms with Crippen LogP contribution in [-0.2, 0) is 15.9 Å². The van der Waals surface area contributed by atoms with Crippen molar-refractivity contribution in [3.8, 4) is 0 Å². The summed E-state index contributed by atoms with van der Waals surface area (Å²) in [6.45, 7) is 13.4. The summed E-state index contributed by atoms with van der Waals surface area (Å²) in [5.41, 5.74) is 2.59. The lowest BCUT2D eigenvalue weighted by atomic mass is 9.91. The van der Waals surface area contributed by atoms with Gasteiger partial charge in [-0.25, -0.2) is 0 Å². The SMILES string of the molecule is CCCC(C)ON1C(C)(C)c2ccccc2C1(C)C. The van der Waals surface area contributed by atoms with Crippen LogP contribution in [0.3, 0.4) is 0 Å². The molecule has 0 aliphatic carbocycles. The van der Waals surface area contributed by atoms with Crippen molar-refractivity contribution in [1.82, 2.24) is 5.06 Å². The van der Waals surface area contributed by atoms with E-state index in [1.807, 2.05) is 0 Å². The van der Waals surface area contributed by atoms with Gasteiger partial charge < -0.3 is 0 Å². The topological polar surface area (TPSA) is 12.5 Å². The van der Waals surface area contributed by atoms with Gasteiger partial charge in [-0.3, -0.25) is 4.84 Å². The maximum atomic E-state index is 6.30. The standard InChI is InChI=1S/C17H27NO/c1-7-10-13(2)19-18-16(3,4)14-11-8-9-12-15(14)17(18,5)6/h8-9,11-13H,7,10H2,1-6H3. The zero-order chi connectivity index (χ0) is 14.3. The fourth-order valence-corrected chi connectivity index (χ4v) is 3.37. The Bertz CT molecular complexity index is 415. The largest absolute Gasteiger partial charge is 0.294 e. The molecule has 1 aliphatic rings. The first-order valence-electron chi connectivity index (χ1n) is 7.39. The molecule has 1 heterocycles. The molecule has 2 heteroatoms. The molecule has 0 saturated carbocycles. The second-order valence-corrected chi connectivity index (χ2v) is 6.66. The first kappa shape index (κ1) is 14.5. The van der Waals surface area contributed by atoms with Crippen molar-refractivity contribution in [3.63, 3.8) is 0 Å². The molecule has 2 rings (SSSR count). The summed E-state index contributed by atoms with van der Waals surface area (Å²) < 4.78 is 0. The van der Waals surface area contributed by atoms with Crippen LogP contribution < -0.4 is 0 Å². The van der Waals surface area contributed by atoms with Crippen LogP contribution in [0.25, 0.3) is 0 Å². The van der Waals surface area contributed by atoms with Crippen molar-refractivity contribution in [2.24, 2.45) is 0 Å². The van der Waals surface area contributed by atoms with Gasteiger partial charge in [0, 0.05) is 0 Å². The summed E-state index contributed by atoms with van der Waals surface area (Å²) in [6, 6.07) is 8.70. The molecule has 0 aromatic heterocycles. The lowest BCUT2D eigenvalue weighted by Crippen LogP contribution is -2.46. The van der Waals surface area contributed by atoms with E-state index >= 15 is 0 Å². The van der Waals surface area contributed by atoms with Gasteiger partial charge in [-0.05, 0) is 52.2 Å². The van der Waals surface area contributed by atoms with Gasteiger partial charge in [-0.15, -0.1) is 0 Å². The van der Waals surface area contributed by atoms with Crippen molar-refractivity contribution in [2.45, 2.75) is 71.6 Å². The first-order chi connectivity index (χ1) is 8.81. The molecule has 0 fully saturated rings. The number of benzene rings is 1. The molecule has 1 aliphatic heterocycles. The summed E-state index contributed by atoms with van der Waals surface area (Å²) >= 11 is 0. The maximum absolute atomic E-state index is 6.30. The van der Waals surface area contributed by atoms with E-state index in [4.69, 9.17) is 4.84 Å². The third kappa shape index (κ3) is 2.32. The zero-order valence-corrected chi connectivity index (χ0v) is 13.2. The van der Waals surface area contributed by atoms with Gasteiger partial charge in [-0.2, -0.15) is 5.06 Å². The number of nitrogens with zero attached hydrogens (tertiary/aromatic N) is 1. The van der Waals surface area contributed by atoms with Crippen LogP contribution in [0.15, 0.2) is 24.3 Å². The van der Waals surface area contributed by atoms with Crippen LogP contribution in [0.1, 0.15) is 65.5 Å². The highest BCUT2D eigenvalue weighted by Crippen LogP contribution is 2.49. The molecular formula is C17H27NO. The first-order valence-corrected chi connectivity index (χ1v) is 7.39. The number of fused-ring (bicyclic) bond motifs is 1. The lowest BCUT2D eigenvalue weighted by Gasteiger charge is -2.41. The van der Waals surface area contributed by atoms with Crippen LogP contribution >= 0.6 is 0 Å². The van der Waals surface area contributed by atoms with Gasteiger partial charge in [-0.1, -0.05) is 37.6 Å². The summed E-state index contributed by atoms with van der Waals surface area (Å²) in [6.07, 6.45) is 2.51. The Morgan fingerprint density at radius 1 is 1.05 bits per heavy atom. The van der Waals surface area contributed by atoms with Crippen LogP contribution in [0.5, 0.6) is 0 Å². The second-order valence-electron chi connectivity index (χ2n) is 6.66. The van der Waals surface area contributed by atoms with E-state index in [1.54, 1.807) is 0 Å².